The average molecular weight is 463 g/mol. The van der Waals surface area contributed by atoms with Crippen LogP contribution in [0.1, 0.15) is 89.2 Å². The van der Waals surface area contributed by atoms with E-state index < -0.39 is 0 Å². The summed E-state index contributed by atoms with van der Waals surface area (Å²) in [5, 5.41) is 8.71. The highest BCUT2D eigenvalue weighted by Crippen LogP contribution is 2.10. The number of hydrogen-bond acceptors (Lipinski definition) is 4. The lowest BCUT2D eigenvalue weighted by Crippen LogP contribution is -2.24. The van der Waals surface area contributed by atoms with Gasteiger partial charge in [0.05, 0.1) is 11.4 Å². The second-order valence-corrected chi connectivity index (χ2v) is 8.33. The number of hydrazone groups is 2. The monoisotopic (exact) mass is 462 g/mol. The molecule has 2 aromatic rings. The van der Waals surface area contributed by atoms with Gasteiger partial charge in [0.1, 0.15) is 0 Å². The van der Waals surface area contributed by atoms with Crippen molar-refractivity contribution >= 4 is 23.2 Å². The molecule has 182 valence electrons. The molecule has 0 aliphatic carbocycles. The second-order valence-electron chi connectivity index (χ2n) is 8.33. The molecule has 2 rings (SSSR count). The Morgan fingerprint density at radius 1 is 0.588 bits per heavy atom. The Morgan fingerprint density at radius 3 is 1.32 bits per heavy atom. The van der Waals surface area contributed by atoms with Gasteiger partial charge in [-0.1, -0.05) is 100 Å². The Balaban J connectivity index is 1.89. The van der Waals surface area contributed by atoms with Gasteiger partial charge in [0, 0.05) is 12.8 Å². The summed E-state index contributed by atoms with van der Waals surface area (Å²) in [7, 11) is 0. The van der Waals surface area contributed by atoms with Crippen molar-refractivity contribution in [1.82, 2.24) is 10.9 Å². The minimum absolute atomic E-state index is 0.0540. The number of carbonyl (C=O) groups excluding carboxylic acids is 2. The number of nitrogens with zero attached hydrogens (tertiary/aromatic N) is 2. The van der Waals surface area contributed by atoms with E-state index >= 15 is 0 Å². The van der Waals surface area contributed by atoms with Crippen LogP contribution in [0.3, 0.4) is 0 Å². The van der Waals surface area contributed by atoms with Crippen LogP contribution in [0, 0.1) is 0 Å². The Bertz CT molecular complexity index is 846. The summed E-state index contributed by atoms with van der Waals surface area (Å²) in [5.74, 6) is -0.566. The molecular formula is C28H38N4O2. The van der Waals surface area contributed by atoms with E-state index in [4.69, 9.17) is 0 Å². The molecule has 0 unspecified atom stereocenters. The zero-order chi connectivity index (χ0) is 24.4. The summed E-state index contributed by atoms with van der Waals surface area (Å²) in [6.45, 7) is 4.31. The summed E-state index contributed by atoms with van der Waals surface area (Å²) >= 11 is 0. The molecule has 0 fully saturated rings. The van der Waals surface area contributed by atoms with E-state index in [0.29, 0.717) is 0 Å². The molecular weight excluding hydrogens is 424 g/mol. The van der Waals surface area contributed by atoms with Crippen LogP contribution in [-0.4, -0.2) is 23.2 Å². The molecule has 0 aromatic heterocycles. The first kappa shape index (κ1) is 27.0. The van der Waals surface area contributed by atoms with Crippen molar-refractivity contribution in [2.75, 3.05) is 0 Å². The lowest BCUT2D eigenvalue weighted by molar-refractivity contribution is -0.126. The highest BCUT2D eigenvalue weighted by atomic mass is 16.2. The molecule has 0 aliphatic heterocycles. The number of rotatable bonds is 15. The summed E-state index contributed by atoms with van der Waals surface area (Å²) < 4.78 is 0. The Labute approximate surface area is 203 Å². The number of amides is 2. The van der Waals surface area contributed by atoms with Crippen molar-refractivity contribution in [3.63, 3.8) is 0 Å². The SMILES string of the molecule is CCCCC/C(=N/NC(=O)CCC(=O)N/N=C(\CCCCC)c1ccccc1)c1ccccc1. The fraction of sp³-hybridized carbons (Fsp3) is 0.429. The van der Waals surface area contributed by atoms with Gasteiger partial charge < -0.3 is 0 Å². The first-order valence-corrected chi connectivity index (χ1v) is 12.5. The smallest absolute Gasteiger partial charge is 0.240 e. The van der Waals surface area contributed by atoms with E-state index in [1.165, 1.54) is 0 Å². The molecule has 0 aliphatic rings. The van der Waals surface area contributed by atoms with Crippen molar-refractivity contribution in [3.8, 4) is 0 Å². The molecule has 0 atom stereocenters. The quantitative estimate of drug-likeness (QED) is 0.194. The maximum Gasteiger partial charge on any atom is 0.240 e. The summed E-state index contributed by atoms with van der Waals surface area (Å²) in [6.07, 6.45) is 8.21. The molecule has 0 bridgehead atoms. The molecule has 2 N–H and O–H groups in total. The lowest BCUT2D eigenvalue weighted by Gasteiger charge is -2.08. The number of benzene rings is 2. The van der Waals surface area contributed by atoms with E-state index in [0.717, 1.165) is 73.9 Å². The van der Waals surface area contributed by atoms with Crippen LogP contribution < -0.4 is 10.9 Å². The summed E-state index contributed by atoms with van der Waals surface area (Å²) in [4.78, 5) is 24.6. The standard InChI is InChI=1S/C28H38N4O2/c1-3-5-9-19-25(23-15-11-7-12-16-23)29-31-27(33)21-22-28(34)32-30-26(20-10-6-4-2)24-17-13-8-14-18-24/h7-8,11-18H,3-6,9-10,19-22H2,1-2H3,(H,31,33)(H,32,34)/b29-25-,30-26+. The average Bonchev–Trinajstić information content (AvgIpc) is 2.88. The first-order chi connectivity index (χ1) is 16.6. The van der Waals surface area contributed by atoms with Crippen LogP contribution in [0.2, 0.25) is 0 Å². The van der Waals surface area contributed by atoms with Gasteiger partial charge in [-0.25, -0.2) is 10.9 Å². The van der Waals surface area contributed by atoms with Crippen LogP contribution >= 0.6 is 0 Å². The van der Waals surface area contributed by atoms with Crippen LogP contribution in [0.5, 0.6) is 0 Å². The van der Waals surface area contributed by atoms with Crippen molar-refractivity contribution in [3.05, 3.63) is 71.8 Å². The molecule has 2 aromatic carbocycles. The van der Waals surface area contributed by atoms with E-state index in [2.05, 4.69) is 34.9 Å². The van der Waals surface area contributed by atoms with Crippen molar-refractivity contribution in [2.24, 2.45) is 10.2 Å². The molecule has 0 saturated carbocycles. The van der Waals surface area contributed by atoms with E-state index in [-0.39, 0.29) is 24.7 Å². The molecule has 0 heterocycles. The molecule has 6 heteroatoms. The predicted molar refractivity (Wildman–Crippen MR) is 140 cm³/mol. The van der Waals surface area contributed by atoms with Crippen LogP contribution in [0.4, 0.5) is 0 Å². The Morgan fingerprint density at radius 2 is 0.971 bits per heavy atom. The van der Waals surface area contributed by atoms with E-state index in [9.17, 15) is 9.59 Å². The number of hydrogen-bond donors (Lipinski definition) is 2. The van der Waals surface area contributed by atoms with Crippen LogP contribution in [0.15, 0.2) is 70.9 Å². The topological polar surface area (TPSA) is 82.9 Å². The maximum absolute atomic E-state index is 12.3. The predicted octanol–water partition coefficient (Wildman–Crippen LogP) is 5.97. The lowest BCUT2D eigenvalue weighted by atomic mass is 10.0. The third-order valence-corrected chi connectivity index (χ3v) is 5.46. The minimum atomic E-state index is -0.283. The van der Waals surface area contributed by atoms with Gasteiger partial charge in [-0.3, -0.25) is 9.59 Å². The Kier molecular flexibility index (Phi) is 13.0. The van der Waals surface area contributed by atoms with Crippen molar-refractivity contribution < 1.29 is 9.59 Å². The van der Waals surface area contributed by atoms with Crippen molar-refractivity contribution in [1.29, 1.82) is 0 Å². The van der Waals surface area contributed by atoms with Gasteiger partial charge in [0.25, 0.3) is 0 Å². The van der Waals surface area contributed by atoms with Gasteiger partial charge in [-0.2, -0.15) is 10.2 Å². The largest absolute Gasteiger partial charge is 0.273 e. The fourth-order valence-electron chi connectivity index (χ4n) is 3.47. The van der Waals surface area contributed by atoms with Gasteiger partial charge >= 0.3 is 0 Å². The molecule has 34 heavy (non-hydrogen) atoms. The molecule has 6 nitrogen and oxygen atoms in total. The first-order valence-electron chi connectivity index (χ1n) is 12.5. The third-order valence-electron chi connectivity index (χ3n) is 5.46. The zero-order valence-corrected chi connectivity index (χ0v) is 20.6. The molecule has 0 spiro atoms. The molecule has 0 radical (unpaired) electrons. The molecule has 2 amide bonds. The number of carbonyl (C=O) groups is 2. The molecule has 0 saturated heterocycles. The maximum atomic E-state index is 12.3. The van der Waals surface area contributed by atoms with Gasteiger partial charge in [0.2, 0.25) is 11.8 Å². The number of unbranched alkanes of at least 4 members (excludes halogenated alkanes) is 4. The fourth-order valence-corrected chi connectivity index (χ4v) is 3.47. The third kappa shape index (κ3) is 10.6. The zero-order valence-electron chi connectivity index (χ0n) is 20.6. The van der Waals surface area contributed by atoms with Gasteiger partial charge in [0.15, 0.2) is 0 Å². The highest BCUT2D eigenvalue weighted by Gasteiger charge is 2.09. The summed E-state index contributed by atoms with van der Waals surface area (Å²) in [6, 6.07) is 19.7. The second kappa shape index (κ2) is 16.4. The summed E-state index contributed by atoms with van der Waals surface area (Å²) in [5.41, 5.74) is 8.96. The number of nitrogens with one attached hydrogen (secondary N) is 2. The Hall–Kier alpha value is -3.28. The minimum Gasteiger partial charge on any atom is -0.273 e. The van der Waals surface area contributed by atoms with Crippen molar-refractivity contribution in [2.45, 2.75) is 78.1 Å². The van der Waals surface area contributed by atoms with Gasteiger partial charge in [-0.15, -0.1) is 0 Å². The van der Waals surface area contributed by atoms with Crippen LogP contribution in [0.25, 0.3) is 0 Å². The van der Waals surface area contributed by atoms with Gasteiger partial charge in [-0.05, 0) is 36.8 Å². The highest BCUT2D eigenvalue weighted by molar-refractivity contribution is 6.01. The van der Waals surface area contributed by atoms with E-state index in [1.54, 1.807) is 0 Å². The van der Waals surface area contributed by atoms with Crippen LogP contribution in [-0.2, 0) is 9.59 Å². The normalized spacial score (nSPS) is 11.8. The van der Waals surface area contributed by atoms with E-state index in [1.807, 2.05) is 60.7 Å².